The maximum atomic E-state index is 11.6. The molecule has 0 saturated carbocycles. The van der Waals surface area contributed by atoms with Crippen LogP contribution in [-0.4, -0.2) is 52.1 Å². The van der Waals surface area contributed by atoms with Crippen LogP contribution in [0.5, 0.6) is 0 Å². The summed E-state index contributed by atoms with van der Waals surface area (Å²) in [4.78, 5) is 25.2. The third kappa shape index (κ3) is 3.39. The first kappa shape index (κ1) is 18.3. The average molecular weight is 399 g/mol. The van der Waals surface area contributed by atoms with Crippen LogP contribution in [0.15, 0.2) is 65.2 Å². The van der Waals surface area contributed by atoms with E-state index in [1.54, 1.807) is 6.92 Å². The molecule has 0 unspecified atom stereocenters. The highest BCUT2D eigenvalue weighted by Crippen LogP contribution is 2.32. The van der Waals surface area contributed by atoms with Crippen molar-refractivity contribution in [2.75, 3.05) is 31.1 Å². The molecule has 1 fully saturated rings. The van der Waals surface area contributed by atoms with Gasteiger partial charge in [-0.15, -0.1) is 0 Å². The van der Waals surface area contributed by atoms with Gasteiger partial charge in [0.05, 0.1) is 11.1 Å². The quantitative estimate of drug-likeness (QED) is 0.524. The summed E-state index contributed by atoms with van der Waals surface area (Å²) in [5.74, 6) is 1.99. The largest absolute Gasteiger partial charge is 0.353 e. The second kappa shape index (κ2) is 7.59. The molecule has 30 heavy (non-hydrogen) atoms. The molecule has 1 amide bonds. The van der Waals surface area contributed by atoms with Gasteiger partial charge in [0.25, 0.3) is 5.89 Å². The van der Waals surface area contributed by atoms with Gasteiger partial charge in [0.1, 0.15) is 5.82 Å². The Balaban J connectivity index is 1.54. The normalized spacial score (nSPS) is 14.3. The van der Waals surface area contributed by atoms with Crippen molar-refractivity contribution < 1.29 is 9.32 Å². The van der Waals surface area contributed by atoms with E-state index in [1.807, 2.05) is 65.6 Å². The molecule has 5 rings (SSSR count). The standard InChI is InChI=1S/C23H21N5O2/c1-16(29)27-11-13-28(14-12-27)21-15-19(18-9-5-6-10-20(18)24-21)23-25-22(26-30-23)17-7-3-2-4-8-17/h2-10,15H,11-14H2,1H3. The number of rotatable bonds is 3. The second-order valence-corrected chi connectivity index (χ2v) is 7.33. The van der Waals surface area contributed by atoms with Gasteiger partial charge >= 0.3 is 0 Å². The molecule has 4 aromatic rings. The summed E-state index contributed by atoms with van der Waals surface area (Å²) in [5, 5.41) is 5.14. The fourth-order valence-corrected chi connectivity index (χ4v) is 3.79. The SMILES string of the molecule is CC(=O)N1CCN(c2cc(-c3nc(-c4ccccc4)no3)c3ccccc3n2)CC1. The highest BCUT2D eigenvalue weighted by molar-refractivity contribution is 5.94. The monoisotopic (exact) mass is 399 g/mol. The lowest BCUT2D eigenvalue weighted by molar-refractivity contribution is -0.129. The number of carbonyl (C=O) groups excluding carboxylic acids is 1. The number of amides is 1. The Labute approximate surface area is 173 Å². The van der Waals surface area contributed by atoms with Crippen LogP contribution in [-0.2, 0) is 4.79 Å². The van der Waals surface area contributed by atoms with Gasteiger partial charge in [0.15, 0.2) is 0 Å². The zero-order chi connectivity index (χ0) is 20.5. The number of benzene rings is 2. The van der Waals surface area contributed by atoms with Gasteiger partial charge in [0, 0.05) is 44.1 Å². The average Bonchev–Trinajstić information content (AvgIpc) is 3.29. The van der Waals surface area contributed by atoms with E-state index in [9.17, 15) is 4.79 Å². The van der Waals surface area contributed by atoms with Crippen LogP contribution < -0.4 is 4.90 Å². The topological polar surface area (TPSA) is 75.4 Å². The number of anilines is 1. The summed E-state index contributed by atoms with van der Waals surface area (Å²) in [5.41, 5.74) is 2.64. The second-order valence-electron chi connectivity index (χ2n) is 7.33. The van der Waals surface area contributed by atoms with E-state index in [0.717, 1.165) is 40.9 Å². The highest BCUT2D eigenvalue weighted by Gasteiger charge is 2.22. The van der Waals surface area contributed by atoms with Gasteiger partial charge in [-0.05, 0) is 12.1 Å². The van der Waals surface area contributed by atoms with E-state index in [-0.39, 0.29) is 5.91 Å². The predicted octanol–water partition coefficient (Wildman–Crippen LogP) is 3.62. The van der Waals surface area contributed by atoms with Crippen LogP contribution in [0.3, 0.4) is 0 Å². The first-order valence-electron chi connectivity index (χ1n) is 9.99. The van der Waals surface area contributed by atoms with Crippen molar-refractivity contribution in [2.45, 2.75) is 6.92 Å². The van der Waals surface area contributed by atoms with Crippen molar-refractivity contribution in [1.82, 2.24) is 20.0 Å². The molecular weight excluding hydrogens is 378 g/mol. The van der Waals surface area contributed by atoms with Crippen molar-refractivity contribution in [2.24, 2.45) is 0 Å². The Morgan fingerprint density at radius 1 is 0.933 bits per heavy atom. The number of aromatic nitrogens is 3. The molecule has 0 radical (unpaired) electrons. The van der Waals surface area contributed by atoms with Crippen molar-refractivity contribution in [3.63, 3.8) is 0 Å². The van der Waals surface area contributed by atoms with Crippen LogP contribution in [0.2, 0.25) is 0 Å². The van der Waals surface area contributed by atoms with E-state index in [1.165, 1.54) is 0 Å². The van der Waals surface area contributed by atoms with Gasteiger partial charge in [-0.2, -0.15) is 4.98 Å². The summed E-state index contributed by atoms with van der Waals surface area (Å²) in [6.45, 7) is 4.48. The fraction of sp³-hybridized carbons (Fsp3) is 0.217. The van der Waals surface area contributed by atoms with Gasteiger partial charge < -0.3 is 14.3 Å². The molecule has 1 aliphatic heterocycles. The third-order valence-electron chi connectivity index (χ3n) is 5.44. The van der Waals surface area contributed by atoms with Crippen molar-refractivity contribution >= 4 is 22.6 Å². The number of hydrogen-bond acceptors (Lipinski definition) is 6. The molecule has 3 heterocycles. The smallest absolute Gasteiger partial charge is 0.259 e. The maximum Gasteiger partial charge on any atom is 0.259 e. The van der Waals surface area contributed by atoms with Gasteiger partial charge in [0.2, 0.25) is 11.7 Å². The van der Waals surface area contributed by atoms with Crippen LogP contribution in [0.1, 0.15) is 6.92 Å². The minimum absolute atomic E-state index is 0.112. The van der Waals surface area contributed by atoms with Crippen molar-refractivity contribution in [3.8, 4) is 22.8 Å². The molecule has 7 nitrogen and oxygen atoms in total. The minimum atomic E-state index is 0.112. The first-order chi connectivity index (χ1) is 14.7. The molecule has 2 aromatic heterocycles. The summed E-state index contributed by atoms with van der Waals surface area (Å²) in [6, 6.07) is 19.7. The summed E-state index contributed by atoms with van der Waals surface area (Å²) in [7, 11) is 0. The fourth-order valence-electron chi connectivity index (χ4n) is 3.79. The molecule has 0 bridgehead atoms. The Morgan fingerprint density at radius 3 is 2.43 bits per heavy atom. The maximum absolute atomic E-state index is 11.6. The van der Waals surface area contributed by atoms with Gasteiger partial charge in [-0.3, -0.25) is 4.79 Å². The summed E-state index contributed by atoms with van der Waals surface area (Å²) < 4.78 is 5.64. The Morgan fingerprint density at radius 2 is 1.67 bits per heavy atom. The Bertz CT molecular complexity index is 1200. The molecular formula is C23H21N5O2. The lowest BCUT2D eigenvalue weighted by Crippen LogP contribution is -2.48. The van der Waals surface area contributed by atoms with Crippen LogP contribution in [0.25, 0.3) is 33.7 Å². The van der Waals surface area contributed by atoms with E-state index in [2.05, 4.69) is 15.0 Å². The van der Waals surface area contributed by atoms with Gasteiger partial charge in [-0.1, -0.05) is 53.7 Å². The molecule has 0 spiro atoms. The molecule has 1 saturated heterocycles. The zero-order valence-corrected chi connectivity index (χ0v) is 16.7. The van der Waals surface area contributed by atoms with E-state index in [0.29, 0.717) is 24.8 Å². The number of piperazine rings is 1. The number of fused-ring (bicyclic) bond motifs is 1. The molecule has 0 atom stereocenters. The number of hydrogen-bond donors (Lipinski definition) is 0. The van der Waals surface area contributed by atoms with Crippen LogP contribution in [0, 0.1) is 0 Å². The highest BCUT2D eigenvalue weighted by atomic mass is 16.5. The van der Waals surface area contributed by atoms with Crippen molar-refractivity contribution in [1.29, 1.82) is 0 Å². The number of para-hydroxylation sites is 1. The molecule has 0 aliphatic carbocycles. The lowest BCUT2D eigenvalue weighted by Gasteiger charge is -2.35. The summed E-state index contributed by atoms with van der Waals surface area (Å²) in [6.07, 6.45) is 0. The number of pyridine rings is 1. The van der Waals surface area contributed by atoms with E-state index >= 15 is 0 Å². The Kier molecular flexibility index (Phi) is 4.63. The number of nitrogens with zero attached hydrogens (tertiary/aromatic N) is 5. The Hall–Kier alpha value is -3.74. The van der Waals surface area contributed by atoms with E-state index in [4.69, 9.17) is 9.51 Å². The van der Waals surface area contributed by atoms with Gasteiger partial charge in [-0.25, -0.2) is 4.98 Å². The molecule has 2 aromatic carbocycles. The number of carbonyl (C=O) groups is 1. The molecule has 0 N–H and O–H groups in total. The van der Waals surface area contributed by atoms with Crippen molar-refractivity contribution in [3.05, 3.63) is 60.7 Å². The van der Waals surface area contributed by atoms with E-state index < -0.39 is 0 Å². The van der Waals surface area contributed by atoms with Crippen LogP contribution >= 0.6 is 0 Å². The molecule has 7 heteroatoms. The lowest BCUT2D eigenvalue weighted by atomic mass is 10.1. The molecule has 1 aliphatic rings. The first-order valence-corrected chi connectivity index (χ1v) is 9.99. The minimum Gasteiger partial charge on any atom is -0.353 e. The zero-order valence-electron chi connectivity index (χ0n) is 16.7. The third-order valence-corrected chi connectivity index (χ3v) is 5.44. The summed E-state index contributed by atoms with van der Waals surface area (Å²) >= 11 is 0. The molecule has 150 valence electrons. The predicted molar refractivity (Wildman–Crippen MR) is 115 cm³/mol. The van der Waals surface area contributed by atoms with Crippen LogP contribution in [0.4, 0.5) is 5.82 Å².